The van der Waals surface area contributed by atoms with Crippen molar-refractivity contribution in [3.05, 3.63) is 62.7 Å². The summed E-state index contributed by atoms with van der Waals surface area (Å²) in [5, 5.41) is 20.1. The number of aromatic carboxylic acids is 1. The Morgan fingerprint density at radius 1 is 1.24 bits per heavy atom. The van der Waals surface area contributed by atoms with Crippen molar-refractivity contribution in [2.24, 2.45) is 0 Å². The highest BCUT2D eigenvalue weighted by atomic mass is 35.5. The van der Waals surface area contributed by atoms with E-state index in [0.29, 0.717) is 5.02 Å². The van der Waals surface area contributed by atoms with Gasteiger partial charge in [-0.2, -0.15) is 0 Å². The molecule has 0 heterocycles. The maximum Gasteiger partial charge on any atom is 0.339 e. The van der Waals surface area contributed by atoms with E-state index >= 15 is 0 Å². The minimum Gasteiger partial charge on any atom is -0.478 e. The molecule has 0 aliphatic heterocycles. The van der Waals surface area contributed by atoms with Crippen LogP contribution in [0.2, 0.25) is 5.02 Å². The van der Waals surface area contributed by atoms with Crippen molar-refractivity contribution in [3.8, 4) is 11.5 Å². The highest BCUT2D eigenvalue weighted by Gasteiger charge is 2.18. The van der Waals surface area contributed by atoms with Gasteiger partial charge in [0.15, 0.2) is 0 Å². The third-order valence-electron chi connectivity index (χ3n) is 2.71. The molecule has 0 saturated carbocycles. The van der Waals surface area contributed by atoms with Gasteiger partial charge in [-0.15, -0.1) is 0 Å². The van der Waals surface area contributed by atoms with Crippen LogP contribution in [0.3, 0.4) is 0 Å². The van der Waals surface area contributed by atoms with Crippen LogP contribution in [0.5, 0.6) is 11.5 Å². The summed E-state index contributed by atoms with van der Waals surface area (Å²) in [6.07, 6.45) is 0. The zero-order valence-electron chi connectivity index (χ0n) is 10.9. The first-order valence-corrected chi connectivity index (χ1v) is 6.22. The van der Waals surface area contributed by atoms with E-state index in [1.165, 1.54) is 12.1 Å². The molecule has 0 fully saturated rings. The molecule has 0 aliphatic rings. The van der Waals surface area contributed by atoms with Gasteiger partial charge >= 0.3 is 5.97 Å². The Labute approximate surface area is 124 Å². The molecule has 21 heavy (non-hydrogen) atoms. The van der Waals surface area contributed by atoms with Gasteiger partial charge in [0.05, 0.1) is 9.95 Å². The van der Waals surface area contributed by atoms with Gasteiger partial charge in [0.25, 0.3) is 5.69 Å². The number of nitro benzene ring substituents is 1. The first kappa shape index (κ1) is 14.8. The van der Waals surface area contributed by atoms with E-state index in [1.54, 1.807) is 18.2 Å². The normalized spacial score (nSPS) is 10.2. The van der Waals surface area contributed by atoms with Crippen molar-refractivity contribution in [1.29, 1.82) is 0 Å². The van der Waals surface area contributed by atoms with Gasteiger partial charge in [0.2, 0.25) is 0 Å². The number of non-ortho nitro benzene ring substituents is 1. The molecule has 2 aromatic rings. The van der Waals surface area contributed by atoms with E-state index in [0.717, 1.165) is 11.6 Å². The fourth-order valence-corrected chi connectivity index (χ4v) is 1.85. The van der Waals surface area contributed by atoms with Crippen molar-refractivity contribution >= 4 is 23.3 Å². The lowest BCUT2D eigenvalue weighted by Gasteiger charge is -2.10. The van der Waals surface area contributed by atoms with E-state index < -0.39 is 10.9 Å². The summed E-state index contributed by atoms with van der Waals surface area (Å²) in [6.45, 7) is 1.83. The number of hydrogen-bond acceptors (Lipinski definition) is 4. The number of benzene rings is 2. The second-order valence-corrected chi connectivity index (χ2v) is 4.69. The van der Waals surface area contributed by atoms with Crippen molar-refractivity contribution in [3.63, 3.8) is 0 Å². The van der Waals surface area contributed by atoms with Crippen LogP contribution in [0.1, 0.15) is 15.9 Å². The third-order valence-corrected chi connectivity index (χ3v) is 3.02. The van der Waals surface area contributed by atoms with Gasteiger partial charge in [-0.05, 0) is 30.7 Å². The lowest BCUT2D eigenvalue weighted by molar-refractivity contribution is -0.384. The highest BCUT2D eigenvalue weighted by Crippen LogP contribution is 2.33. The molecule has 7 heteroatoms. The number of hydrogen-bond donors (Lipinski definition) is 1. The van der Waals surface area contributed by atoms with Gasteiger partial charge in [-0.3, -0.25) is 10.1 Å². The number of nitro groups is 1. The summed E-state index contributed by atoms with van der Waals surface area (Å²) in [7, 11) is 0. The van der Waals surface area contributed by atoms with E-state index in [2.05, 4.69) is 0 Å². The smallest absolute Gasteiger partial charge is 0.339 e. The monoisotopic (exact) mass is 307 g/mol. The van der Waals surface area contributed by atoms with Gasteiger partial charge in [0.1, 0.15) is 17.1 Å². The van der Waals surface area contributed by atoms with Crippen LogP contribution in [0.25, 0.3) is 0 Å². The quantitative estimate of drug-likeness (QED) is 0.680. The molecule has 0 spiro atoms. The Balaban J connectivity index is 2.46. The predicted molar refractivity (Wildman–Crippen MR) is 76.3 cm³/mol. The van der Waals surface area contributed by atoms with Crippen LogP contribution in [0, 0.1) is 17.0 Å². The van der Waals surface area contributed by atoms with Crippen LogP contribution < -0.4 is 4.74 Å². The standard InChI is InChI=1S/C14H10ClNO5/c1-8-2-4-11(15)13(6-8)21-12-5-3-9(16(19)20)7-10(12)14(17)18/h2-7H,1H3,(H,17,18). The number of carboxylic acid groups (broad SMARTS) is 1. The number of aryl methyl sites for hydroxylation is 1. The van der Waals surface area contributed by atoms with Gasteiger partial charge in [-0.25, -0.2) is 4.79 Å². The van der Waals surface area contributed by atoms with Gasteiger partial charge < -0.3 is 9.84 Å². The molecule has 0 bridgehead atoms. The Kier molecular flexibility index (Phi) is 4.09. The fraction of sp³-hybridized carbons (Fsp3) is 0.0714. The molecule has 108 valence electrons. The molecule has 0 aromatic heterocycles. The molecule has 0 amide bonds. The topological polar surface area (TPSA) is 89.7 Å². The van der Waals surface area contributed by atoms with Gasteiger partial charge in [-0.1, -0.05) is 17.7 Å². The summed E-state index contributed by atoms with van der Waals surface area (Å²) < 4.78 is 5.48. The molecule has 6 nitrogen and oxygen atoms in total. The van der Waals surface area contributed by atoms with E-state index in [-0.39, 0.29) is 22.7 Å². The summed E-state index contributed by atoms with van der Waals surface area (Å²) in [6, 6.07) is 8.41. The minimum absolute atomic E-state index is 0.0133. The van der Waals surface area contributed by atoms with Crippen LogP contribution in [-0.4, -0.2) is 16.0 Å². The second kappa shape index (κ2) is 5.80. The molecule has 0 atom stereocenters. The average Bonchev–Trinajstić information content (AvgIpc) is 2.42. The molecule has 0 saturated heterocycles. The minimum atomic E-state index is -1.32. The Morgan fingerprint density at radius 3 is 2.57 bits per heavy atom. The fourth-order valence-electron chi connectivity index (χ4n) is 1.69. The van der Waals surface area contributed by atoms with Gasteiger partial charge in [0, 0.05) is 12.1 Å². The zero-order valence-corrected chi connectivity index (χ0v) is 11.6. The Bertz CT molecular complexity index is 729. The van der Waals surface area contributed by atoms with Crippen molar-refractivity contribution < 1.29 is 19.6 Å². The van der Waals surface area contributed by atoms with Crippen molar-refractivity contribution in [2.75, 3.05) is 0 Å². The zero-order chi connectivity index (χ0) is 15.6. The summed E-state index contributed by atoms with van der Waals surface area (Å²) in [5.41, 5.74) is 0.255. The molecule has 0 unspecified atom stereocenters. The van der Waals surface area contributed by atoms with Crippen LogP contribution >= 0.6 is 11.6 Å². The Morgan fingerprint density at radius 2 is 1.95 bits per heavy atom. The predicted octanol–water partition coefficient (Wildman–Crippen LogP) is 4.05. The van der Waals surface area contributed by atoms with Crippen LogP contribution in [0.15, 0.2) is 36.4 Å². The highest BCUT2D eigenvalue weighted by molar-refractivity contribution is 6.32. The number of ether oxygens (including phenoxy) is 1. The van der Waals surface area contributed by atoms with E-state index in [4.69, 9.17) is 21.4 Å². The summed E-state index contributed by atoms with van der Waals surface area (Å²) in [5.74, 6) is -1.05. The number of carbonyl (C=O) groups is 1. The SMILES string of the molecule is Cc1ccc(Cl)c(Oc2ccc([N+](=O)[O-])cc2C(=O)O)c1. The van der Waals surface area contributed by atoms with E-state index in [9.17, 15) is 14.9 Å². The number of rotatable bonds is 4. The summed E-state index contributed by atoms with van der Waals surface area (Å²) in [4.78, 5) is 21.2. The van der Waals surface area contributed by atoms with Crippen molar-refractivity contribution in [1.82, 2.24) is 0 Å². The maximum atomic E-state index is 11.2. The second-order valence-electron chi connectivity index (χ2n) is 4.28. The number of halogens is 1. The molecular weight excluding hydrogens is 298 g/mol. The molecular formula is C14H10ClNO5. The summed E-state index contributed by atoms with van der Waals surface area (Å²) >= 11 is 5.98. The van der Waals surface area contributed by atoms with Crippen LogP contribution in [-0.2, 0) is 0 Å². The lowest BCUT2D eigenvalue weighted by atomic mass is 10.1. The molecule has 0 aliphatic carbocycles. The van der Waals surface area contributed by atoms with Crippen LogP contribution in [0.4, 0.5) is 5.69 Å². The van der Waals surface area contributed by atoms with E-state index in [1.807, 2.05) is 6.92 Å². The molecule has 2 aromatic carbocycles. The average molecular weight is 308 g/mol. The molecule has 1 N–H and O–H groups in total. The maximum absolute atomic E-state index is 11.2. The lowest BCUT2D eigenvalue weighted by Crippen LogP contribution is -2.02. The third kappa shape index (κ3) is 3.29. The molecule has 0 radical (unpaired) electrons. The number of carboxylic acids is 1. The first-order valence-electron chi connectivity index (χ1n) is 5.84. The first-order chi connectivity index (χ1) is 9.88. The Hall–Kier alpha value is -2.60. The molecule has 2 rings (SSSR count). The van der Waals surface area contributed by atoms with Crippen molar-refractivity contribution in [2.45, 2.75) is 6.92 Å². The largest absolute Gasteiger partial charge is 0.478 e. The number of nitrogens with zero attached hydrogens (tertiary/aromatic N) is 1.